The average Bonchev–Trinajstić information content (AvgIpc) is 1.65. The number of hydrogen-bond acceptors (Lipinski definition) is 3. The number of nitriles is 1. The fraction of sp³-hybridized carbons (Fsp3) is 0. The maximum absolute atomic E-state index is 9.53. The molecule has 0 rings (SSSR count). The van der Waals surface area contributed by atoms with Gasteiger partial charge >= 0.3 is 42.3 Å². The molecule has 0 radical (unpaired) electrons. The molecule has 0 atom stereocenters. The first kappa shape index (κ1) is 5.48. The Morgan fingerprint density at radius 1 is 2.00 bits per heavy atom. The summed E-state index contributed by atoms with van der Waals surface area (Å²) in [4.78, 5) is 9.53. The van der Waals surface area contributed by atoms with E-state index in [0.29, 0.717) is 0 Å². The molecule has 0 aromatic carbocycles. The molecule has 0 heterocycles. The fourth-order valence-electron chi connectivity index (χ4n) is 0.0161. The number of carbonyl (C=O) groups excluding carboxylic acids is 1. The zero-order valence-corrected chi connectivity index (χ0v) is 3.72. The minimum atomic E-state index is -0.963. The van der Waals surface area contributed by atoms with Crippen molar-refractivity contribution in [2.24, 2.45) is 0 Å². The molecular formula is C2FeNO2. The van der Waals surface area contributed by atoms with E-state index >= 15 is 0 Å². The summed E-state index contributed by atoms with van der Waals surface area (Å²) in [6.45, 7) is 0. The second-order valence-corrected chi connectivity index (χ2v) is 0.697. The van der Waals surface area contributed by atoms with E-state index in [4.69, 9.17) is 5.26 Å². The number of nitrogens with zero attached hydrogens (tertiary/aromatic N) is 1. The van der Waals surface area contributed by atoms with E-state index < -0.39 is 5.97 Å². The van der Waals surface area contributed by atoms with Crippen LogP contribution < -0.4 is 0 Å². The van der Waals surface area contributed by atoms with E-state index in [9.17, 15) is 4.79 Å². The van der Waals surface area contributed by atoms with Gasteiger partial charge in [0.1, 0.15) is 0 Å². The average molecular weight is 126 g/mol. The molecule has 0 fully saturated rings. The van der Waals surface area contributed by atoms with Gasteiger partial charge in [0.05, 0.1) is 0 Å². The first-order valence-electron chi connectivity index (χ1n) is 1.03. The van der Waals surface area contributed by atoms with E-state index in [-0.39, 0.29) is 0 Å². The summed E-state index contributed by atoms with van der Waals surface area (Å²) < 4.78 is 3.65. The fourth-order valence-corrected chi connectivity index (χ4v) is 0.0665. The number of hydrogen-bond donors (Lipinski definition) is 0. The predicted molar refractivity (Wildman–Crippen MR) is 11.7 cm³/mol. The van der Waals surface area contributed by atoms with Crippen LogP contribution >= 0.6 is 0 Å². The summed E-state index contributed by atoms with van der Waals surface area (Å²) >= 11 is 2.68. The van der Waals surface area contributed by atoms with Gasteiger partial charge in [0.25, 0.3) is 0 Å². The van der Waals surface area contributed by atoms with Crippen molar-refractivity contribution in [2.45, 2.75) is 0 Å². The Balaban J connectivity index is 3.33. The molecule has 0 aromatic rings. The van der Waals surface area contributed by atoms with E-state index in [1.54, 1.807) is 0 Å². The normalized spacial score (nSPS) is 6.00. The molecule has 0 aromatic heterocycles. The monoisotopic (exact) mass is 126 g/mol. The van der Waals surface area contributed by atoms with Gasteiger partial charge in [0.15, 0.2) is 0 Å². The Bertz CT molecular complexity index is 94.2. The second kappa shape index (κ2) is 2.70. The predicted octanol–water partition coefficient (Wildman–Crippen LogP) is -0.485. The Kier molecular flexibility index (Phi) is 2.47. The van der Waals surface area contributed by atoms with Gasteiger partial charge in [-0.15, -0.1) is 0 Å². The maximum atomic E-state index is 9.53. The van der Waals surface area contributed by atoms with Crippen LogP contribution in [0.2, 0.25) is 0 Å². The summed E-state index contributed by atoms with van der Waals surface area (Å²) in [5, 5.41) is 7.57. The van der Waals surface area contributed by atoms with Crippen molar-refractivity contribution in [1.29, 1.82) is 5.26 Å². The van der Waals surface area contributed by atoms with Crippen molar-refractivity contribution in [3.8, 4) is 6.07 Å². The van der Waals surface area contributed by atoms with Gasteiger partial charge in [-0.2, -0.15) is 0 Å². The van der Waals surface area contributed by atoms with E-state index in [2.05, 4.69) is 20.2 Å². The van der Waals surface area contributed by atoms with E-state index in [1.165, 1.54) is 6.07 Å². The van der Waals surface area contributed by atoms with Crippen LogP contribution in [-0.4, -0.2) is 5.97 Å². The summed E-state index contributed by atoms with van der Waals surface area (Å²) in [6.07, 6.45) is 0. The van der Waals surface area contributed by atoms with Crippen molar-refractivity contribution >= 4 is 5.97 Å². The quantitative estimate of drug-likeness (QED) is 0.325. The third kappa shape index (κ3) is 1.77. The molecule has 33 valence electrons. The van der Waals surface area contributed by atoms with Gasteiger partial charge in [-0.3, -0.25) is 0 Å². The van der Waals surface area contributed by atoms with Crippen LogP contribution in [0.4, 0.5) is 0 Å². The zero-order chi connectivity index (χ0) is 4.99. The molecule has 0 spiro atoms. The van der Waals surface area contributed by atoms with Gasteiger partial charge < -0.3 is 0 Å². The standard InChI is InChI=1S/C2HNO2.Fe/c3-1-2(4)5;/h(H,4,5);/q;+1/p-1. The summed E-state index contributed by atoms with van der Waals surface area (Å²) in [5.74, 6) is -0.963. The van der Waals surface area contributed by atoms with Crippen LogP contribution in [0, 0.1) is 11.3 Å². The van der Waals surface area contributed by atoms with Crippen molar-refractivity contribution < 1.29 is 25.0 Å². The van der Waals surface area contributed by atoms with Crippen molar-refractivity contribution in [1.82, 2.24) is 0 Å². The van der Waals surface area contributed by atoms with Gasteiger partial charge in [-0.1, -0.05) is 0 Å². The Morgan fingerprint density at radius 3 is 2.50 bits per heavy atom. The first-order valence-corrected chi connectivity index (χ1v) is 1.48. The van der Waals surface area contributed by atoms with Gasteiger partial charge in [0, 0.05) is 0 Å². The van der Waals surface area contributed by atoms with E-state index in [0.717, 1.165) is 0 Å². The Hall–Kier alpha value is -0.521. The molecule has 0 saturated carbocycles. The van der Waals surface area contributed by atoms with Crippen LogP contribution in [0.5, 0.6) is 0 Å². The molecule has 0 aliphatic rings. The summed E-state index contributed by atoms with van der Waals surface area (Å²) in [7, 11) is 0. The van der Waals surface area contributed by atoms with Crippen molar-refractivity contribution in [2.75, 3.05) is 0 Å². The topological polar surface area (TPSA) is 50.1 Å². The molecule has 0 unspecified atom stereocenters. The Labute approximate surface area is 43.0 Å². The van der Waals surface area contributed by atoms with Crippen LogP contribution in [0.1, 0.15) is 0 Å². The molecule has 0 saturated heterocycles. The molecule has 0 aliphatic carbocycles. The van der Waals surface area contributed by atoms with Crippen molar-refractivity contribution in [3.63, 3.8) is 0 Å². The van der Waals surface area contributed by atoms with Gasteiger partial charge in [0.2, 0.25) is 0 Å². The molecule has 0 bridgehead atoms. The third-order valence-corrected chi connectivity index (χ3v) is 0.362. The Morgan fingerprint density at radius 2 is 2.50 bits per heavy atom. The molecule has 4 heteroatoms. The SMILES string of the molecule is N#CC(=O)[O][Fe]. The van der Waals surface area contributed by atoms with Crippen molar-refractivity contribution in [3.05, 3.63) is 0 Å². The molecule has 0 amide bonds. The molecule has 0 aliphatic heterocycles. The van der Waals surface area contributed by atoms with Crippen LogP contribution in [0.15, 0.2) is 0 Å². The van der Waals surface area contributed by atoms with E-state index in [1.807, 2.05) is 0 Å². The molecule has 0 N–H and O–H groups in total. The number of carbonyl (C=O) groups is 1. The summed E-state index contributed by atoms with van der Waals surface area (Å²) in [5.41, 5.74) is 0. The minimum absolute atomic E-state index is 0.963. The van der Waals surface area contributed by atoms with Gasteiger partial charge in [-0.25, -0.2) is 0 Å². The second-order valence-electron chi connectivity index (χ2n) is 0.471. The molecule has 3 nitrogen and oxygen atoms in total. The van der Waals surface area contributed by atoms with Crippen LogP contribution in [0.25, 0.3) is 0 Å². The molecular weight excluding hydrogens is 126 g/mol. The molecule has 6 heavy (non-hydrogen) atoms. The number of rotatable bonds is 0. The van der Waals surface area contributed by atoms with Crippen LogP contribution in [-0.2, 0) is 25.0 Å². The third-order valence-electron chi connectivity index (χ3n) is 0.157. The first-order chi connectivity index (χ1) is 2.81. The zero-order valence-electron chi connectivity index (χ0n) is 2.62. The van der Waals surface area contributed by atoms with Crippen LogP contribution in [0.3, 0.4) is 0 Å². The summed E-state index contributed by atoms with van der Waals surface area (Å²) in [6, 6.07) is 1.19. The van der Waals surface area contributed by atoms with Gasteiger partial charge in [-0.05, 0) is 0 Å².